The standard InChI is InChI=1S/C13H23BrN2O/c1-15-8-9-16(12(15)17)11-13(10-14)6-4-2-3-5-7-13/h2-11H2,1H3. The molecule has 17 heavy (non-hydrogen) atoms. The van der Waals surface area contributed by atoms with Gasteiger partial charge in [-0.15, -0.1) is 0 Å². The molecule has 2 amide bonds. The first-order valence-corrected chi connectivity index (χ1v) is 7.85. The number of urea groups is 1. The second-order valence-corrected chi connectivity index (χ2v) is 6.23. The number of carbonyl (C=O) groups is 1. The van der Waals surface area contributed by atoms with Crippen molar-refractivity contribution in [3.63, 3.8) is 0 Å². The highest BCUT2D eigenvalue weighted by Crippen LogP contribution is 2.38. The zero-order chi connectivity index (χ0) is 12.3. The number of nitrogens with zero attached hydrogens (tertiary/aromatic N) is 2. The molecule has 0 atom stereocenters. The molecule has 0 spiro atoms. The van der Waals surface area contributed by atoms with Crippen molar-refractivity contribution in [3.8, 4) is 0 Å². The summed E-state index contributed by atoms with van der Waals surface area (Å²) in [6.45, 7) is 2.74. The lowest BCUT2D eigenvalue weighted by molar-refractivity contribution is 0.162. The van der Waals surface area contributed by atoms with Crippen LogP contribution in [-0.2, 0) is 0 Å². The highest BCUT2D eigenvalue weighted by molar-refractivity contribution is 9.09. The minimum Gasteiger partial charge on any atom is -0.326 e. The molecule has 0 N–H and O–H groups in total. The third-order valence-corrected chi connectivity index (χ3v) is 5.47. The van der Waals surface area contributed by atoms with E-state index in [9.17, 15) is 4.79 Å². The number of hydrogen-bond acceptors (Lipinski definition) is 1. The number of rotatable bonds is 3. The first kappa shape index (κ1) is 13.2. The van der Waals surface area contributed by atoms with Gasteiger partial charge in [-0.3, -0.25) is 0 Å². The fourth-order valence-electron chi connectivity index (χ4n) is 3.07. The zero-order valence-electron chi connectivity index (χ0n) is 10.8. The van der Waals surface area contributed by atoms with E-state index in [1.807, 2.05) is 16.8 Å². The maximum atomic E-state index is 12.0. The first-order valence-electron chi connectivity index (χ1n) is 6.73. The van der Waals surface area contributed by atoms with Crippen molar-refractivity contribution in [3.05, 3.63) is 0 Å². The molecule has 0 aromatic rings. The molecule has 2 fully saturated rings. The summed E-state index contributed by atoms with van der Waals surface area (Å²) < 4.78 is 0. The fraction of sp³-hybridized carbons (Fsp3) is 0.923. The largest absolute Gasteiger partial charge is 0.326 e. The van der Waals surface area contributed by atoms with E-state index < -0.39 is 0 Å². The molecule has 1 saturated carbocycles. The van der Waals surface area contributed by atoms with Gasteiger partial charge in [0, 0.05) is 32.0 Å². The van der Waals surface area contributed by atoms with Crippen LogP contribution in [0.15, 0.2) is 0 Å². The van der Waals surface area contributed by atoms with Crippen LogP contribution in [0, 0.1) is 5.41 Å². The fourth-order valence-corrected chi connectivity index (χ4v) is 3.81. The smallest absolute Gasteiger partial charge is 0.319 e. The van der Waals surface area contributed by atoms with Gasteiger partial charge >= 0.3 is 6.03 Å². The summed E-state index contributed by atoms with van der Waals surface area (Å²) in [6, 6.07) is 0.217. The SMILES string of the molecule is CN1CCN(CC2(CBr)CCCCCC2)C1=O. The third kappa shape index (κ3) is 2.95. The van der Waals surface area contributed by atoms with Crippen molar-refractivity contribution in [2.24, 2.45) is 5.41 Å². The highest BCUT2D eigenvalue weighted by Gasteiger charge is 2.36. The van der Waals surface area contributed by atoms with E-state index in [1.165, 1.54) is 38.5 Å². The summed E-state index contributed by atoms with van der Waals surface area (Å²) in [4.78, 5) is 15.8. The highest BCUT2D eigenvalue weighted by atomic mass is 79.9. The van der Waals surface area contributed by atoms with Gasteiger partial charge in [0.25, 0.3) is 0 Å². The normalized spacial score (nSPS) is 25.2. The maximum Gasteiger partial charge on any atom is 0.319 e. The van der Waals surface area contributed by atoms with Crippen LogP contribution in [-0.4, -0.2) is 47.8 Å². The minimum atomic E-state index is 0.217. The van der Waals surface area contributed by atoms with E-state index >= 15 is 0 Å². The van der Waals surface area contributed by atoms with Crippen molar-refractivity contribution >= 4 is 22.0 Å². The van der Waals surface area contributed by atoms with Crippen molar-refractivity contribution in [1.82, 2.24) is 9.80 Å². The van der Waals surface area contributed by atoms with Crippen LogP contribution in [0.3, 0.4) is 0 Å². The van der Waals surface area contributed by atoms with E-state index in [0.717, 1.165) is 25.0 Å². The summed E-state index contributed by atoms with van der Waals surface area (Å²) in [5.41, 5.74) is 0.331. The van der Waals surface area contributed by atoms with E-state index in [4.69, 9.17) is 0 Å². The number of hydrogen-bond donors (Lipinski definition) is 0. The molecule has 1 heterocycles. The summed E-state index contributed by atoms with van der Waals surface area (Å²) in [6.07, 6.45) is 7.91. The molecular weight excluding hydrogens is 280 g/mol. The molecule has 0 unspecified atom stereocenters. The van der Waals surface area contributed by atoms with Gasteiger partial charge in [-0.1, -0.05) is 41.6 Å². The average Bonchev–Trinajstić information content (AvgIpc) is 2.59. The van der Waals surface area contributed by atoms with Gasteiger partial charge in [-0.2, -0.15) is 0 Å². The quantitative estimate of drug-likeness (QED) is 0.580. The topological polar surface area (TPSA) is 23.6 Å². The maximum absolute atomic E-state index is 12.0. The molecule has 2 rings (SSSR count). The van der Waals surface area contributed by atoms with Gasteiger partial charge in [-0.05, 0) is 18.3 Å². The van der Waals surface area contributed by atoms with Crippen molar-refractivity contribution in [2.45, 2.75) is 38.5 Å². The number of carbonyl (C=O) groups excluding carboxylic acids is 1. The Balaban J connectivity index is 2.00. The Morgan fingerprint density at radius 2 is 1.82 bits per heavy atom. The van der Waals surface area contributed by atoms with Crippen LogP contribution < -0.4 is 0 Å². The molecule has 1 aliphatic heterocycles. The molecule has 0 aromatic heterocycles. The van der Waals surface area contributed by atoms with E-state index in [1.54, 1.807) is 0 Å². The Hall–Kier alpha value is -0.250. The van der Waals surface area contributed by atoms with Crippen molar-refractivity contribution < 1.29 is 4.79 Å². The summed E-state index contributed by atoms with van der Waals surface area (Å²) >= 11 is 3.69. The van der Waals surface area contributed by atoms with Gasteiger partial charge in [0.15, 0.2) is 0 Å². The van der Waals surface area contributed by atoms with Crippen LogP contribution in [0.5, 0.6) is 0 Å². The minimum absolute atomic E-state index is 0.217. The summed E-state index contributed by atoms with van der Waals surface area (Å²) in [7, 11) is 1.90. The molecule has 1 saturated heterocycles. The monoisotopic (exact) mass is 302 g/mol. The van der Waals surface area contributed by atoms with Crippen molar-refractivity contribution in [2.75, 3.05) is 32.0 Å². The third-order valence-electron chi connectivity index (χ3n) is 4.28. The Morgan fingerprint density at radius 3 is 2.29 bits per heavy atom. The lowest BCUT2D eigenvalue weighted by Gasteiger charge is -2.34. The van der Waals surface area contributed by atoms with Crippen LogP contribution >= 0.6 is 15.9 Å². The molecule has 1 aliphatic carbocycles. The van der Waals surface area contributed by atoms with E-state index in [0.29, 0.717) is 5.41 Å². The number of amides is 2. The molecule has 0 bridgehead atoms. The molecule has 4 heteroatoms. The lowest BCUT2D eigenvalue weighted by atomic mass is 9.82. The van der Waals surface area contributed by atoms with Crippen LogP contribution in [0.25, 0.3) is 0 Å². The number of alkyl halides is 1. The van der Waals surface area contributed by atoms with E-state index in [2.05, 4.69) is 15.9 Å². The van der Waals surface area contributed by atoms with Gasteiger partial charge < -0.3 is 9.80 Å². The van der Waals surface area contributed by atoms with Gasteiger partial charge in [0.2, 0.25) is 0 Å². The Labute approximate surface area is 113 Å². The molecular formula is C13H23BrN2O. The van der Waals surface area contributed by atoms with Crippen molar-refractivity contribution in [1.29, 1.82) is 0 Å². The summed E-state index contributed by atoms with van der Waals surface area (Å²) in [5, 5.41) is 1.04. The second-order valence-electron chi connectivity index (χ2n) is 5.67. The van der Waals surface area contributed by atoms with Crippen LogP contribution in [0.2, 0.25) is 0 Å². The Morgan fingerprint density at radius 1 is 1.18 bits per heavy atom. The second kappa shape index (κ2) is 5.59. The summed E-state index contributed by atoms with van der Waals surface area (Å²) in [5.74, 6) is 0. The molecule has 2 aliphatic rings. The first-order chi connectivity index (χ1) is 8.17. The predicted molar refractivity (Wildman–Crippen MR) is 73.5 cm³/mol. The zero-order valence-corrected chi connectivity index (χ0v) is 12.3. The van der Waals surface area contributed by atoms with Gasteiger partial charge in [0.05, 0.1) is 0 Å². The van der Waals surface area contributed by atoms with Crippen LogP contribution in [0.4, 0.5) is 4.79 Å². The molecule has 0 radical (unpaired) electrons. The number of halogens is 1. The molecule has 0 aromatic carbocycles. The Bertz CT molecular complexity index is 275. The van der Waals surface area contributed by atoms with E-state index in [-0.39, 0.29) is 6.03 Å². The Kier molecular flexibility index (Phi) is 4.34. The van der Waals surface area contributed by atoms with Gasteiger partial charge in [0.1, 0.15) is 0 Å². The number of likely N-dealkylation sites (N-methyl/N-ethyl adjacent to an activating group) is 1. The molecule has 98 valence electrons. The average molecular weight is 303 g/mol. The van der Waals surface area contributed by atoms with Gasteiger partial charge in [-0.25, -0.2) is 4.79 Å². The molecule has 3 nitrogen and oxygen atoms in total. The predicted octanol–water partition coefficient (Wildman–Crippen LogP) is 3.09. The van der Waals surface area contributed by atoms with Crippen LogP contribution in [0.1, 0.15) is 38.5 Å². The lowest BCUT2D eigenvalue weighted by Crippen LogP contribution is -2.40.